The van der Waals surface area contributed by atoms with E-state index in [0.29, 0.717) is 0 Å². The van der Waals surface area contributed by atoms with Crippen molar-refractivity contribution in [1.29, 1.82) is 0 Å². The molecule has 192 valence electrons. The van der Waals surface area contributed by atoms with Crippen LogP contribution in [0.2, 0.25) is 0 Å². The zero-order valence-corrected chi connectivity index (χ0v) is 21.6. The van der Waals surface area contributed by atoms with Gasteiger partial charge in [-0.3, -0.25) is 9.59 Å². The largest absolute Gasteiger partial charge is 0.367 e. The van der Waals surface area contributed by atoms with Gasteiger partial charge in [0.2, 0.25) is 11.8 Å². The molecular formula is C26H36N8O2. The lowest BCUT2D eigenvalue weighted by molar-refractivity contribution is -0.115. The van der Waals surface area contributed by atoms with Crippen molar-refractivity contribution in [2.75, 3.05) is 86.9 Å². The number of rotatable bonds is 6. The average Bonchev–Trinajstić information content (AvgIpc) is 2.84. The van der Waals surface area contributed by atoms with Crippen LogP contribution >= 0.6 is 0 Å². The molecule has 10 nitrogen and oxygen atoms in total. The van der Waals surface area contributed by atoms with Crippen molar-refractivity contribution in [3.05, 3.63) is 36.4 Å². The number of amides is 2. The van der Waals surface area contributed by atoms with Crippen LogP contribution in [0.15, 0.2) is 46.6 Å². The summed E-state index contributed by atoms with van der Waals surface area (Å²) in [5.41, 5.74) is 4.90. The van der Waals surface area contributed by atoms with E-state index in [0.717, 1.165) is 86.5 Å². The minimum Gasteiger partial charge on any atom is -0.367 e. The third kappa shape index (κ3) is 6.58. The van der Waals surface area contributed by atoms with Crippen molar-refractivity contribution >= 4 is 45.9 Å². The summed E-state index contributed by atoms with van der Waals surface area (Å²) in [5, 5.41) is 15.1. The number of likely N-dealkylation sites (N-methyl/N-ethyl adjacent to an activating group) is 2. The highest BCUT2D eigenvalue weighted by Crippen LogP contribution is 2.37. The first-order chi connectivity index (χ1) is 17.3. The number of benzene rings is 2. The summed E-state index contributed by atoms with van der Waals surface area (Å²) in [6, 6.07) is 11.5. The van der Waals surface area contributed by atoms with Crippen LogP contribution in [-0.2, 0) is 9.59 Å². The van der Waals surface area contributed by atoms with Crippen LogP contribution in [0.1, 0.15) is 13.8 Å². The molecule has 2 aliphatic rings. The minimum atomic E-state index is -0.107. The van der Waals surface area contributed by atoms with E-state index in [1.807, 2.05) is 36.4 Å². The molecule has 10 heteroatoms. The van der Waals surface area contributed by atoms with Crippen molar-refractivity contribution in [3.63, 3.8) is 0 Å². The molecule has 2 heterocycles. The van der Waals surface area contributed by atoms with Gasteiger partial charge in [-0.2, -0.15) is 0 Å². The number of piperazine rings is 2. The normalized spacial score (nSPS) is 17.4. The van der Waals surface area contributed by atoms with Crippen LogP contribution in [0.5, 0.6) is 0 Å². The molecule has 2 saturated heterocycles. The van der Waals surface area contributed by atoms with Crippen LogP contribution < -0.4 is 20.4 Å². The molecule has 0 saturated carbocycles. The summed E-state index contributed by atoms with van der Waals surface area (Å²) in [6.45, 7) is 10.3. The third-order valence-electron chi connectivity index (χ3n) is 6.54. The lowest BCUT2D eigenvalue weighted by Gasteiger charge is -2.35. The van der Waals surface area contributed by atoms with Gasteiger partial charge in [-0.25, -0.2) is 0 Å². The van der Waals surface area contributed by atoms with Crippen molar-refractivity contribution in [1.82, 2.24) is 9.80 Å². The molecule has 2 aromatic rings. The molecule has 4 rings (SSSR count). The summed E-state index contributed by atoms with van der Waals surface area (Å²) >= 11 is 0. The second-order valence-corrected chi connectivity index (χ2v) is 9.55. The average molecular weight is 493 g/mol. The van der Waals surface area contributed by atoms with Gasteiger partial charge in [-0.05, 0) is 50.5 Å². The van der Waals surface area contributed by atoms with Gasteiger partial charge in [-0.1, -0.05) is 0 Å². The Balaban J connectivity index is 1.67. The summed E-state index contributed by atoms with van der Waals surface area (Å²) < 4.78 is 0. The molecule has 0 atom stereocenters. The number of hydrogen-bond acceptors (Lipinski definition) is 8. The Morgan fingerprint density at radius 1 is 0.639 bits per heavy atom. The van der Waals surface area contributed by atoms with Gasteiger partial charge in [0.15, 0.2) is 0 Å². The van der Waals surface area contributed by atoms with E-state index < -0.39 is 0 Å². The van der Waals surface area contributed by atoms with Crippen molar-refractivity contribution in [2.24, 2.45) is 10.2 Å². The first kappa shape index (κ1) is 25.6. The van der Waals surface area contributed by atoms with Gasteiger partial charge in [0.05, 0.1) is 11.4 Å². The highest BCUT2D eigenvalue weighted by molar-refractivity contribution is 5.91. The molecular weight excluding hydrogens is 456 g/mol. The molecule has 2 aromatic carbocycles. The molecule has 0 bridgehead atoms. The molecule has 0 radical (unpaired) electrons. The number of nitrogens with one attached hydrogen (secondary N) is 2. The summed E-state index contributed by atoms with van der Waals surface area (Å²) in [5.74, 6) is -0.213. The molecule has 2 amide bonds. The quantitative estimate of drug-likeness (QED) is 0.599. The van der Waals surface area contributed by atoms with E-state index in [1.165, 1.54) is 13.8 Å². The van der Waals surface area contributed by atoms with E-state index >= 15 is 0 Å². The van der Waals surface area contributed by atoms with Gasteiger partial charge < -0.3 is 30.2 Å². The summed E-state index contributed by atoms with van der Waals surface area (Å²) in [7, 11) is 4.24. The lowest BCUT2D eigenvalue weighted by Crippen LogP contribution is -2.44. The minimum absolute atomic E-state index is 0.107. The number of anilines is 4. The smallest absolute Gasteiger partial charge is 0.221 e. The maximum Gasteiger partial charge on any atom is 0.221 e. The van der Waals surface area contributed by atoms with Gasteiger partial charge in [0.1, 0.15) is 11.4 Å². The molecule has 0 aromatic heterocycles. The predicted octanol–water partition coefficient (Wildman–Crippen LogP) is 3.52. The molecule has 0 unspecified atom stereocenters. The van der Waals surface area contributed by atoms with E-state index in [9.17, 15) is 9.59 Å². The standard InChI is InChI=1S/C26H36N8O2/c1-19(35)27-21-5-7-23(25(17-21)33-13-9-31(3)10-14-33)29-30-24-8-6-22(28-20(2)36)18-26(24)34-15-11-32(4)12-16-34/h5-8,17-18H,9-16H2,1-4H3,(H,27,35)(H,28,36). The number of azo groups is 1. The summed E-state index contributed by atoms with van der Waals surface area (Å²) in [4.78, 5) is 32.5. The topological polar surface area (TPSA) is 95.9 Å². The molecule has 0 aliphatic carbocycles. The number of carbonyl (C=O) groups is 2. The highest BCUT2D eigenvalue weighted by atomic mass is 16.2. The van der Waals surface area contributed by atoms with Gasteiger partial charge in [-0.15, -0.1) is 10.2 Å². The first-order valence-electron chi connectivity index (χ1n) is 12.4. The zero-order chi connectivity index (χ0) is 25.7. The number of carbonyl (C=O) groups excluding carboxylic acids is 2. The second-order valence-electron chi connectivity index (χ2n) is 9.55. The third-order valence-corrected chi connectivity index (χ3v) is 6.54. The van der Waals surface area contributed by atoms with Crippen molar-refractivity contribution in [3.8, 4) is 0 Å². The molecule has 2 aliphatic heterocycles. The Bertz CT molecular complexity index is 1030. The Labute approximate surface area is 212 Å². The SMILES string of the molecule is CC(=O)Nc1ccc(N=Nc2ccc(NC(C)=O)cc2N2CCN(C)CC2)c(N2CCN(C)CC2)c1. The Hall–Kier alpha value is -3.50. The van der Waals surface area contributed by atoms with Crippen LogP contribution in [0.4, 0.5) is 34.1 Å². The Kier molecular flexibility index (Phi) is 8.17. The van der Waals surface area contributed by atoms with E-state index in [-0.39, 0.29) is 11.8 Å². The van der Waals surface area contributed by atoms with Gasteiger partial charge >= 0.3 is 0 Å². The van der Waals surface area contributed by atoms with Crippen LogP contribution in [-0.4, -0.2) is 88.1 Å². The Morgan fingerprint density at radius 3 is 1.33 bits per heavy atom. The number of nitrogens with zero attached hydrogens (tertiary/aromatic N) is 6. The van der Waals surface area contributed by atoms with E-state index in [2.05, 4.69) is 54.6 Å². The highest BCUT2D eigenvalue weighted by Gasteiger charge is 2.20. The number of hydrogen-bond donors (Lipinski definition) is 2. The lowest BCUT2D eigenvalue weighted by atomic mass is 10.2. The van der Waals surface area contributed by atoms with Crippen molar-refractivity contribution < 1.29 is 9.59 Å². The predicted molar refractivity (Wildman–Crippen MR) is 145 cm³/mol. The van der Waals surface area contributed by atoms with Crippen molar-refractivity contribution in [2.45, 2.75) is 13.8 Å². The fraction of sp³-hybridized carbons (Fsp3) is 0.462. The van der Waals surface area contributed by atoms with Crippen LogP contribution in [0.3, 0.4) is 0 Å². The van der Waals surface area contributed by atoms with Crippen LogP contribution in [0.25, 0.3) is 0 Å². The van der Waals surface area contributed by atoms with E-state index in [1.54, 1.807) is 0 Å². The van der Waals surface area contributed by atoms with E-state index in [4.69, 9.17) is 0 Å². The fourth-order valence-electron chi connectivity index (χ4n) is 4.49. The molecule has 2 fully saturated rings. The summed E-state index contributed by atoms with van der Waals surface area (Å²) in [6.07, 6.45) is 0. The molecule has 0 spiro atoms. The molecule has 2 N–H and O–H groups in total. The molecule has 36 heavy (non-hydrogen) atoms. The monoisotopic (exact) mass is 492 g/mol. The van der Waals surface area contributed by atoms with Gasteiger partial charge in [0, 0.05) is 77.6 Å². The maximum absolute atomic E-state index is 11.6. The van der Waals surface area contributed by atoms with Gasteiger partial charge in [0.25, 0.3) is 0 Å². The fourth-order valence-corrected chi connectivity index (χ4v) is 4.49. The second kappa shape index (κ2) is 11.5. The van der Waals surface area contributed by atoms with Crippen LogP contribution in [0, 0.1) is 0 Å². The maximum atomic E-state index is 11.6. The first-order valence-corrected chi connectivity index (χ1v) is 12.4. The Morgan fingerprint density at radius 2 is 1.00 bits per heavy atom. The zero-order valence-electron chi connectivity index (χ0n) is 21.6.